The van der Waals surface area contributed by atoms with Gasteiger partial charge in [0.1, 0.15) is 0 Å². The van der Waals surface area contributed by atoms with Gasteiger partial charge in [0, 0.05) is 0 Å². The molecule has 2 heteroatoms. The van der Waals surface area contributed by atoms with E-state index in [1.54, 1.807) is 0 Å². The zero-order valence-corrected chi connectivity index (χ0v) is 0.816. The minimum Gasteiger partial charge on any atom is -0.269 e. The third-order valence-corrected chi connectivity index (χ3v) is 0. The summed E-state index contributed by atoms with van der Waals surface area (Å²) in [7, 11) is 0. The fourth-order valence-corrected chi connectivity index (χ4v) is 0. The van der Waals surface area contributed by atoms with Gasteiger partial charge in [-0.1, -0.05) is 14.9 Å². The van der Waals surface area contributed by atoms with Crippen molar-refractivity contribution in [1.82, 2.24) is 0 Å². The highest BCUT2D eigenvalue weighted by Crippen LogP contribution is 0.421. The molecular formula is C2H10F2. The molecule has 0 fully saturated rings. The van der Waals surface area contributed by atoms with Crippen molar-refractivity contribution in [3.63, 3.8) is 0 Å². The molecule has 0 bridgehead atoms. The van der Waals surface area contributed by atoms with Gasteiger partial charge in [-0.3, -0.25) is 9.41 Å². The molecule has 0 aliphatic carbocycles. The van der Waals surface area contributed by atoms with Crippen molar-refractivity contribution in [3.05, 3.63) is 0 Å². The summed E-state index contributed by atoms with van der Waals surface area (Å²) in [5.74, 6) is 0. The summed E-state index contributed by atoms with van der Waals surface area (Å²) in [5.41, 5.74) is 0. The molecule has 32 valence electrons. The van der Waals surface area contributed by atoms with Crippen molar-refractivity contribution in [2.24, 2.45) is 0 Å². The van der Waals surface area contributed by atoms with Crippen LogP contribution >= 0.6 is 0 Å². The Bertz CT molecular complexity index is 4.00. The minimum atomic E-state index is 0. The highest BCUT2D eigenvalue weighted by atomic mass is 19.0. The maximum Gasteiger partial charge on any atom is -0.0776 e. The van der Waals surface area contributed by atoms with E-state index >= 15 is 0 Å². The van der Waals surface area contributed by atoms with Crippen LogP contribution in [0.15, 0.2) is 0 Å². The van der Waals surface area contributed by atoms with Crippen molar-refractivity contribution in [2.75, 3.05) is 0 Å². The lowest BCUT2D eigenvalue weighted by molar-refractivity contribution is 1.11. The predicted octanol–water partition coefficient (Wildman–Crippen LogP) is 1.58. The monoisotopic (exact) mass is 72.1 g/mol. The molecule has 0 aromatic rings. The number of hydrogen-bond acceptors (Lipinski definition) is 0. The second-order valence-corrected chi connectivity index (χ2v) is 0. The standard InChI is InChI=1S/2CH4.2FH/h2*1H4;2*1H. The van der Waals surface area contributed by atoms with Gasteiger partial charge >= 0.3 is 0 Å². The summed E-state index contributed by atoms with van der Waals surface area (Å²) in [4.78, 5) is 0. The maximum absolute atomic E-state index is 0. The van der Waals surface area contributed by atoms with Crippen LogP contribution in [-0.2, 0) is 0 Å². The van der Waals surface area contributed by atoms with Crippen LogP contribution in [0.3, 0.4) is 0 Å². The molecule has 0 saturated carbocycles. The Kier molecular flexibility index (Phi) is 203000. The van der Waals surface area contributed by atoms with Gasteiger partial charge in [0.2, 0.25) is 0 Å². The molecule has 0 spiro atoms. The van der Waals surface area contributed by atoms with Crippen LogP contribution in [0.25, 0.3) is 0 Å². The number of hydrogen-bond donors (Lipinski definition) is 0. The molecule has 4 heavy (non-hydrogen) atoms. The van der Waals surface area contributed by atoms with Gasteiger partial charge in [0.25, 0.3) is 0 Å². The van der Waals surface area contributed by atoms with Crippen LogP contribution in [-0.4, -0.2) is 0 Å². The van der Waals surface area contributed by atoms with E-state index < -0.39 is 0 Å². The second-order valence-electron chi connectivity index (χ2n) is 0. The SMILES string of the molecule is C.C.F.F. The quantitative estimate of drug-likeness (QED) is 0.407. The molecule has 0 nitrogen and oxygen atoms in total. The summed E-state index contributed by atoms with van der Waals surface area (Å²) in [6.45, 7) is 0. The van der Waals surface area contributed by atoms with E-state index in [2.05, 4.69) is 0 Å². The summed E-state index contributed by atoms with van der Waals surface area (Å²) in [5, 5.41) is 0. The van der Waals surface area contributed by atoms with Crippen molar-refractivity contribution < 1.29 is 9.41 Å². The summed E-state index contributed by atoms with van der Waals surface area (Å²) in [6.07, 6.45) is 0. The van der Waals surface area contributed by atoms with Gasteiger partial charge in [-0.2, -0.15) is 0 Å². The Hall–Kier alpha value is -0.140. The average molecular weight is 72.1 g/mol. The molecule has 0 aliphatic heterocycles. The van der Waals surface area contributed by atoms with Crippen molar-refractivity contribution >= 4 is 0 Å². The van der Waals surface area contributed by atoms with E-state index in [4.69, 9.17) is 0 Å². The molecule has 0 N–H and O–H groups in total. The predicted molar refractivity (Wildman–Crippen MR) is 18.5 cm³/mol. The first-order valence-corrected chi connectivity index (χ1v) is 0. The van der Waals surface area contributed by atoms with Crippen LogP contribution < -0.4 is 0 Å². The lowest BCUT2D eigenvalue weighted by Gasteiger charge is -0.270. The Morgan fingerprint density at radius 2 is 0.500 bits per heavy atom. The first kappa shape index (κ1) is 1610. The highest BCUT2D eigenvalue weighted by Gasteiger charge is -0.0765. The average Bonchev–Trinajstić information content (AvgIpc) is 0. The third-order valence-electron chi connectivity index (χ3n) is 0. The zero-order valence-electron chi connectivity index (χ0n) is 0.816. The Morgan fingerprint density at radius 3 is 0.500 bits per heavy atom. The van der Waals surface area contributed by atoms with Crippen molar-refractivity contribution in [3.8, 4) is 0 Å². The van der Waals surface area contributed by atoms with E-state index in [9.17, 15) is 0 Å². The number of rotatable bonds is 0. The van der Waals surface area contributed by atoms with Crippen LogP contribution in [0.1, 0.15) is 14.9 Å². The van der Waals surface area contributed by atoms with Gasteiger partial charge in [-0.05, 0) is 0 Å². The Labute approximate surface area is 25.6 Å². The van der Waals surface area contributed by atoms with E-state index in [0.29, 0.717) is 0 Å². The lowest BCUT2D eigenvalue weighted by atomic mass is 12.0. The number of halogens is 2. The maximum atomic E-state index is 0. The van der Waals surface area contributed by atoms with Crippen LogP contribution in [0.2, 0.25) is 0 Å². The molecule has 0 rings (SSSR count). The van der Waals surface area contributed by atoms with E-state index in [-0.39, 0.29) is 24.3 Å². The Morgan fingerprint density at radius 1 is 0.500 bits per heavy atom. The van der Waals surface area contributed by atoms with E-state index in [1.807, 2.05) is 0 Å². The lowest BCUT2D eigenvalue weighted by Crippen LogP contribution is 0.143. The molecule has 0 unspecified atom stereocenters. The minimum absolute atomic E-state index is 0. The van der Waals surface area contributed by atoms with Crippen LogP contribution in [0, 0.1) is 0 Å². The fourth-order valence-electron chi connectivity index (χ4n) is 0. The van der Waals surface area contributed by atoms with E-state index in [1.165, 1.54) is 0 Å². The summed E-state index contributed by atoms with van der Waals surface area (Å²) >= 11 is 0. The van der Waals surface area contributed by atoms with Crippen LogP contribution in [0.5, 0.6) is 0 Å². The first-order valence-electron chi connectivity index (χ1n) is 0. The van der Waals surface area contributed by atoms with Gasteiger partial charge in [-0.15, -0.1) is 0 Å². The normalized spacial score (nSPS) is 0. The summed E-state index contributed by atoms with van der Waals surface area (Å²) < 4.78 is 0. The molecular weight excluding hydrogens is 62.0 g/mol. The molecule has 0 amide bonds. The first-order chi connectivity index (χ1) is 0. The fraction of sp³-hybridized carbons (Fsp3) is 1.00. The molecule has 0 atom stereocenters. The summed E-state index contributed by atoms with van der Waals surface area (Å²) in [6, 6.07) is 0. The van der Waals surface area contributed by atoms with Crippen molar-refractivity contribution in [2.45, 2.75) is 14.9 Å². The Balaban J connectivity index is 0. The van der Waals surface area contributed by atoms with Gasteiger partial charge in [-0.25, -0.2) is 0 Å². The molecule has 0 aliphatic rings. The van der Waals surface area contributed by atoms with E-state index in [0.717, 1.165) is 0 Å². The molecule has 0 heterocycles. The molecule has 0 aromatic heterocycles. The smallest absolute Gasteiger partial charge is 0.0776 e. The van der Waals surface area contributed by atoms with Gasteiger partial charge in [0.15, 0.2) is 0 Å². The van der Waals surface area contributed by atoms with Gasteiger partial charge in [0.05, 0.1) is 0 Å². The van der Waals surface area contributed by atoms with Crippen LogP contribution in [0.4, 0.5) is 9.41 Å². The molecule has 0 radical (unpaired) electrons. The molecule has 0 saturated heterocycles. The zero-order chi connectivity index (χ0) is 0. The topological polar surface area (TPSA) is 0 Å². The largest absolute Gasteiger partial charge is 0.269 e. The molecule has 0 aromatic carbocycles. The third kappa shape index (κ3) is 70.2. The second kappa shape index (κ2) is 505. The highest BCUT2D eigenvalue weighted by molar-refractivity contribution is 2.50. The van der Waals surface area contributed by atoms with Crippen molar-refractivity contribution in [1.29, 1.82) is 0 Å². The van der Waals surface area contributed by atoms with Gasteiger partial charge < -0.3 is 0 Å².